The van der Waals surface area contributed by atoms with Crippen molar-refractivity contribution in [3.63, 3.8) is 0 Å². The Balaban J connectivity index is 2.07. The maximum Gasteiger partial charge on any atom is 0.251 e. The minimum atomic E-state index is 0.222. The maximum absolute atomic E-state index is 5.57. The summed E-state index contributed by atoms with van der Waals surface area (Å²) in [4.78, 5) is 0. The first-order chi connectivity index (χ1) is 8.38. The Hall–Kier alpha value is -2.08. The summed E-state index contributed by atoms with van der Waals surface area (Å²) in [5, 5.41) is 7.76. The molecular formula is C11H11N3O3. The van der Waals surface area contributed by atoms with Gasteiger partial charge in [0.2, 0.25) is 5.89 Å². The second-order valence-corrected chi connectivity index (χ2v) is 3.53. The number of hydrogen-bond acceptors (Lipinski definition) is 6. The van der Waals surface area contributed by atoms with Crippen LogP contribution in [0.15, 0.2) is 22.6 Å². The minimum absolute atomic E-state index is 0.222. The summed E-state index contributed by atoms with van der Waals surface area (Å²) in [7, 11) is 0. The van der Waals surface area contributed by atoms with Crippen LogP contribution in [0.5, 0.6) is 11.5 Å². The quantitative estimate of drug-likeness (QED) is 0.832. The molecule has 0 aliphatic carbocycles. The number of fused-ring (bicyclic) bond motifs is 1. The van der Waals surface area contributed by atoms with Crippen molar-refractivity contribution in [2.24, 2.45) is 5.73 Å². The lowest BCUT2D eigenvalue weighted by atomic mass is 10.2. The van der Waals surface area contributed by atoms with Crippen molar-refractivity contribution in [1.29, 1.82) is 0 Å². The van der Waals surface area contributed by atoms with E-state index in [-0.39, 0.29) is 6.54 Å². The molecule has 88 valence electrons. The standard InChI is InChI=1S/C11H11N3O3/c12-6-9-13-14-11(17-9)7-2-1-3-8-10(7)16-5-4-15-8/h1-3H,4-6,12H2. The summed E-state index contributed by atoms with van der Waals surface area (Å²) in [5.41, 5.74) is 6.16. The highest BCUT2D eigenvalue weighted by Gasteiger charge is 2.20. The van der Waals surface area contributed by atoms with Gasteiger partial charge in [-0.15, -0.1) is 10.2 Å². The highest BCUT2D eigenvalue weighted by molar-refractivity contribution is 5.67. The van der Waals surface area contributed by atoms with E-state index in [1.807, 2.05) is 18.2 Å². The van der Waals surface area contributed by atoms with Crippen LogP contribution in [0.1, 0.15) is 5.89 Å². The molecule has 0 unspecified atom stereocenters. The van der Waals surface area contributed by atoms with Gasteiger partial charge >= 0.3 is 0 Å². The molecule has 0 saturated heterocycles. The molecule has 17 heavy (non-hydrogen) atoms. The van der Waals surface area contributed by atoms with Crippen molar-refractivity contribution < 1.29 is 13.9 Å². The molecule has 3 rings (SSSR count). The molecule has 1 aromatic carbocycles. The van der Waals surface area contributed by atoms with Crippen molar-refractivity contribution in [2.75, 3.05) is 13.2 Å². The van der Waals surface area contributed by atoms with Crippen LogP contribution in [0.3, 0.4) is 0 Å². The van der Waals surface area contributed by atoms with Crippen LogP contribution in [0.2, 0.25) is 0 Å². The largest absolute Gasteiger partial charge is 0.486 e. The van der Waals surface area contributed by atoms with E-state index >= 15 is 0 Å². The predicted octanol–water partition coefficient (Wildman–Crippen LogP) is 0.967. The summed E-state index contributed by atoms with van der Waals surface area (Å²) < 4.78 is 16.4. The van der Waals surface area contributed by atoms with Crippen molar-refractivity contribution in [3.8, 4) is 23.0 Å². The van der Waals surface area contributed by atoms with Crippen molar-refractivity contribution in [2.45, 2.75) is 6.54 Å². The molecular weight excluding hydrogens is 222 g/mol. The van der Waals surface area contributed by atoms with Gasteiger partial charge in [0.25, 0.3) is 5.89 Å². The van der Waals surface area contributed by atoms with Crippen LogP contribution < -0.4 is 15.2 Å². The van der Waals surface area contributed by atoms with Crippen LogP contribution in [-0.4, -0.2) is 23.4 Å². The molecule has 1 aromatic heterocycles. The van der Waals surface area contributed by atoms with Gasteiger partial charge in [-0.05, 0) is 12.1 Å². The Labute approximate surface area is 97.3 Å². The molecule has 0 amide bonds. The molecule has 0 spiro atoms. The number of hydrogen-bond donors (Lipinski definition) is 1. The number of ether oxygens (including phenoxy) is 2. The van der Waals surface area contributed by atoms with Gasteiger partial charge in [0.1, 0.15) is 13.2 Å². The normalized spacial score (nSPS) is 13.7. The first-order valence-electron chi connectivity index (χ1n) is 5.30. The van der Waals surface area contributed by atoms with E-state index in [0.29, 0.717) is 36.5 Å². The predicted molar refractivity (Wildman–Crippen MR) is 58.6 cm³/mol. The van der Waals surface area contributed by atoms with E-state index < -0.39 is 0 Å². The second kappa shape index (κ2) is 4.06. The fourth-order valence-electron chi connectivity index (χ4n) is 1.69. The molecule has 6 heteroatoms. The molecule has 2 N–H and O–H groups in total. The maximum atomic E-state index is 5.57. The number of benzene rings is 1. The molecule has 0 saturated carbocycles. The van der Waals surface area contributed by atoms with Crippen LogP contribution in [0.4, 0.5) is 0 Å². The van der Waals surface area contributed by atoms with Crippen LogP contribution >= 0.6 is 0 Å². The third-order valence-electron chi connectivity index (χ3n) is 2.44. The fraction of sp³-hybridized carbons (Fsp3) is 0.273. The fourth-order valence-corrected chi connectivity index (χ4v) is 1.69. The van der Waals surface area contributed by atoms with E-state index in [1.54, 1.807) is 0 Å². The third kappa shape index (κ3) is 1.72. The van der Waals surface area contributed by atoms with Crippen LogP contribution in [-0.2, 0) is 6.54 Å². The van der Waals surface area contributed by atoms with E-state index in [9.17, 15) is 0 Å². The van der Waals surface area contributed by atoms with Gasteiger partial charge in [-0.25, -0.2) is 0 Å². The highest BCUT2D eigenvalue weighted by atomic mass is 16.6. The lowest BCUT2D eigenvalue weighted by Gasteiger charge is -2.19. The summed E-state index contributed by atoms with van der Waals surface area (Å²) in [6.07, 6.45) is 0. The van der Waals surface area contributed by atoms with Crippen molar-refractivity contribution >= 4 is 0 Å². The number of nitrogens with zero attached hydrogens (tertiary/aromatic N) is 2. The molecule has 2 aromatic rings. The van der Waals surface area contributed by atoms with Gasteiger partial charge in [0, 0.05) is 0 Å². The zero-order valence-corrected chi connectivity index (χ0v) is 9.05. The zero-order chi connectivity index (χ0) is 11.7. The van der Waals surface area contributed by atoms with Crippen LogP contribution in [0, 0.1) is 0 Å². The topological polar surface area (TPSA) is 83.4 Å². The Morgan fingerprint density at radius 1 is 1.18 bits per heavy atom. The van der Waals surface area contributed by atoms with E-state index in [2.05, 4.69) is 10.2 Å². The highest BCUT2D eigenvalue weighted by Crippen LogP contribution is 2.39. The Morgan fingerprint density at radius 2 is 2.06 bits per heavy atom. The second-order valence-electron chi connectivity index (χ2n) is 3.53. The first kappa shape index (κ1) is 10.1. The first-order valence-corrected chi connectivity index (χ1v) is 5.30. The molecule has 0 atom stereocenters. The molecule has 0 bridgehead atoms. The van der Waals surface area contributed by atoms with Gasteiger partial charge in [0.05, 0.1) is 12.1 Å². The zero-order valence-electron chi connectivity index (χ0n) is 9.05. The minimum Gasteiger partial charge on any atom is -0.486 e. The van der Waals surface area contributed by atoms with E-state index in [1.165, 1.54) is 0 Å². The lowest BCUT2D eigenvalue weighted by Crippen LogP contribution is -2.15. The van der Waals surface area contributed by atoms with E-state index in [0.717, 1.165) is 5.56 Å². The van der Waals surface area contributed by atoms with Crippen LogP contribution in [0.25, 0.3) is 11.5 Å². The number of aromatic nitrogens is 2. The van der Waals surface area contributed by atoms with Crippen molar-refractivity contribution in [1.82, 2.24) is 10.2 Å². The molecule has 6 nitrogen and oxygen atoms in total. The summed E-state index contributed by atoms with van der Waals surface area (Å²) in [6.45, 7) is 1.29. The number of nitrogens with two attached hydrogens (primary N) is 1. The summed E-state index contributed by atoms with van der Waals surface area (Å²) in [6, 6.07) is 5.55. The number of rotatable bonds is 2. The van der Waals surface area contributed by atoms with Crippen molar-refractivity contribution in [3.05, 3.63) is 24.1 Å². The summed E-state index contributed by atoms with van der Waals surface area (Å²) >= 11 is 0. The third-order valence-corrected chi connectivity index (χ3v) is 2.44. The molecule has 2 heterocycles. The Kier molecular flexibility index (Phi) is 2.41. The summed E-state index contributed by atoms with van der Waals surface area (Å²) in [5.74, 6) is 2.13. The van der Waals surface area contributed by atoms with Gasteiger partial charge in [-0.3, -0.25) is 0 Å². The van der Waals surface area contributed by atoms with Gasteiger partial charge in [0.15, 0.2) is 11.5 Å². The molecule has 0 fully saturated rings. The average molecular weight is 233 g/mol. The lowest BCUT2D eigenvalue weighted by molar-refractivity contribution is 0.172. The Morgan fingerprint density at radius 3 is 2.88 bits per heavy atom. The monoisotopic (exact) mass is 233 g/mol. The Bertz CT molecular complexity index is 539. The molecule has 1 aliphatic rings. The van der Waals surface area contributed by atoms with Gasteiger partial charge < -0.3 is 19.6 Å². The smallest absolute Gasteiger partial charge is 0.251 e. The number of para-hydroxylation sites is 1. The molecule has 1 aliphatic heterocycles. The molecule has 0 radical (unpaired) electrons. The van der Waals surface area contributed by atoms with Gasteiger partial charge in [-0.2, -0.15) is 0 Å². The van der Waals surface area contributed by atoms with Gasteiger partial charge in [-0.1, -0.05) is 6.07 Å². The SMILES string of the molecule is NCc1nnc(-c2cccc3c2OCCO3)o1. The van der Waals surface area contributed by atoms with E-state index in [4.69, 9.17) is 19.6 Å². The average Bonchev–Trinajstić information content (AvgIpc) is 2.87.